The van der Waals surface area contributed by atoms with Crippen molar-refractivity contribution in [3.05, 3.63) is 11.6 Å². The molecule has 0 saturated heterocycles. The molecule has 0 aromatic heterocycles. The van der Waals surface area contributed by atoms with Gasteiger partial charge in [-0.2, -0.15) is 0 Å². The van der Waals surface area contributed by atoms with Crippen LogP contribution >= 0.6 is 0 Å². The highest BCUT2D eigenvalue weighted by Crippen LogP contribution is 2.55. The summed E-state index contributed by atoms with van der Waals surface area (Å²) in [5.74, 6) is 4.69. The van der Waals surface area contributed by atoms with Gasteiger partial charge in [-0.1, -0.05) is 5.92 Å². The van der Waals surface area contributed by atoms with Gasteiger partial charge in [0, 0.05) is 24.7 Å². The number of hydrogen-bond acceptors (Lipinski definition) is 8. The molecule has 0 aliphatic rings. The van der Waals surface area contributed by atoms with Crippen molar-refractivity contribution in [3.8, 4) is 46.8 Å². The maximum Gasteiger partial charge on any atom is 0.189 e. The molecular formula is C22H28O8. The van der Waals surface area contributed by atoms with E-state index in [1.165, 1.54) is 35.5 Å². The maximum atomic E-state index is 10.2. The molecule has 0 bridgehead atoms. The van der Waals surface area contributed by atoms with E-state index >= 15 is 0 Å². The number of terminal acetylenes is 1. The fraction of sp³-hybridized carbons (Fsp3) is 0.455. The molecule has 0 heterocycles. The lowest BCUT2D eigenvalue weighted by Gasteiger charge is -2.24. The molecule has 1 unspecified atom stereocenters. The molecule has 0 saturated carbocycles. The van der Waals surface area contributed by atoms with Crippen LogP contribution in [0.3, 0.4) is 0 Å². The third-order valence-electron chi connectivity index (χ3n) is 4.55. The van der Waals surface area contributed by atoms with Crippen LogP contribution in [0.25, 0.3) is 10.8 Å². The summed E-state index contributed by atoms with van der Waals surface area (Å²) in [6, 6.07) is 1.69. The minimum atomic E-state index is -1.07. The number of benzene rings is 2. The van der Waals surface area contributed by atoms with Gasteiger partial charge in [-0.25, -0.2) is 0 Å². The molecule has 1 N–H and O–H groups in total. The van der Waals surface area contributed by atoms with Gasteiger partial charge in [0.05, 0.1) is 46.3 Å². The van der Waals surface area contributed by atoms with E-state index in [1.54, 1.807) is 6.07 Å². The van der Waals surface area contributed by atoms with Crippen molar-refractivity contribution in [2.24, 2.45) is 0 Å². The fourth-order valence-corrected chi connectivity index (χ4v) is 3.27. The Kier molecular flexibility index (Phi) is 8.27. The van der Waals surface area contributed by atoms with Crippen LogP contribution in [0.1, 0.15) is 12.5 Å². The summed E-state index contributed by atoms with van der Waals surface area (Å²) in [6.45, 7) is 2.27. The third kappa shape index (κ3) is 4.27. The van der Waals surface area contributed by atoms with E-state index in [0.29, 0.717) is 57.4 Å². The molecule has 0 amide bonds. The van der Waals surface area contributed by atoms with E-state index in [9.17, 15) is 5.11 Å². The van der Waals surface area contributed by atoms with Crippen molar-refractivity contribution in [2.45, 2.75) is 19.4 Å². The van der Waals surface area contributed by atoms with Crippen molar-refractivity contribution in [1.29, 1.82) is 0 Å². The average molecular weight is 420 g/mol. The Morgan fingerprint density at radius 3 is 2.00 bits per heavy atom. The van der Waals surface area contributed by atoms with Crippen LogP contribution in [-0.4, -0.2) is 60.2 Å². The Balaban J connectivity index is 3.04. The van der Waals surface area contributed by atoms with Crippen LogP contribution in [0.2, 0.25) is 0 Å². The molecule has 1 atom stereocenters. The Hall–Kier alpha value is -3.02. The van der Waals surface area contributed by atoms with Crippen LogP contribution in [0.5, 0.6) is 34.5 Å². The molecule has 0 spiro atoms. The summed E-state index contributed by atoms with van der Waals surface area (Å²) in [7, 11) is 7.59. The highest BCUT2D eigenvalue weighted by molar-refractivity contribution is 6.06. The quantitative estimate of drug-likeness (QED) is 0.338. The van der Waals surface area contributed by atoms with Crippen molar-refractivity contribution in [3.63, 3.8) is 0 Å². The van der Waals surface area contributed by atoms with Crippen LogP contribution < -0.4 is 28.4 Å². The van der Waals surface area contributed by atoms with Gasteiger partial charge < -0.3 is 38.3 Å². The van der Waals surface area contributed by atoms with Crippen molar-refractivity contribution < 1.29 is 38.3 Å². The molecular weight excluding hydrogens is 392 g/mol. The lowest BCUT2D eigenvalue weighted by atomic mass is 9.96. The van der Waals surface area contributed by atoms with Gasteiger partial charge in [-0.05, 0) is 6.92 Å². The van der Waals surface area contributed by atoms with Gasteiger partial charge in [-0.15, -0.1) is 6.42 Å². The van der Waals surface area contributed by atoms with Gasteiger partial charge in [0.15, 0.2) is 29.8 Å². The summed E-state index contributed by atoms with van der Waals surface area (Å²) in [5.41, 5.74) is 0.512. The van der Waals surface area contributed by atoms with Gasteiger partial charge in [0.1, 0.15) is 17.6 Å². The van der Waals surface area contributed by atoms with E-state index < -0.39 is 6.10 Å². The first-order valence-electron chi connectivity index (χ1n) is 9.26. The van der Waals surface area contributed by atoms with E-state index in [1.807, 2.05) is 6.92 Å². The topological polar surface area (TPSA) is 84.8 Å². The van der Waals surface area contributed by atoms with E-state index in [0.717, 1.165) is 0 Å². The second-order valence-electron chi connectivity index (χ2n) is 6.08. The zero-order valence-corrected chi connectivity index (χ0v) is 18.2. The molecule has 2 aromatic carbocycles. The number of rotatable bonds is 11. The van der Waals surface area contributed by atoms with Crippen LogP contribution in [0.4, 0.5) is 0 Å². The van der Waals surface area contributed by atoms with Gasteiger partial charge >= 0.3 is 0 Å². The number of aliphatic hydroxyl groups is 1. The number of hydrogen-bond donors (Lipinski definition) is 1. The second kappa shape index (κ2) is 10.7. The molecule has 0 fully saturated rings. The molecule has 8 heteroatoms. The van der Waals surface area contributed by atoms with Gasteiger partial charge in [-0.3, -0.25) is 0 Å². The third-order valence-corrected chi connectivity index (χ3v) is 4.55. The highest BCUT2D eigenvalue weighted by Gasteiger charge is 2.30. The Morgan fingerprint density at radius 1 is 0.867 bits per heavy atom. The van der Waals surface area contributed by atoms with Gasteiger partial charge in [0.2, 0.25) is 0 Å². The molecule has 0 aliphatic carbocycles. The molecule has 2 rings (SSSR count). The molecule has 0 radical (unpaired) electrons. The SMILES string of the molecule is C#CC(O)Cc1c(OCOCC)c(OC)c2c(OC)c(OC)cc(OC)c2c1OC. The van der Waals surface area contributed by atoms with Crippen LogP contribution in [0, 0.1) is 12.3 Å². The summed E-state index contributed by atoms with van der Waals surface area (Å²) in [5, 5.41) is 11.3. The number of aliphatic hydroxyl groups excluding tert-OH is 1. The largest absolute Gasteiger partial charge is 0.496 e. The predicted octanol–water partition coefficient (Wildman–Crippen LogP) is 2.79. The van der Waals surface area contributed by atoms with E-state index in [2.05, 4.69) is 5.92 Å². The first-order chi connectivity index (χ1) is 14.5. The lowest BCUT2D eigenvalue weighted by molar-refractivity contribution is 0.0200. The average Bonchev–Trinajstić information content (AvgIpc) is 2.77. The Bertz CT molecular complexity index is 916. The zero-order valence-electron chi connectivity index (χ0n) is 18.2. The highest BCUT2D eigenvalue weighted by atomic mass is 16.7. The van der Waals surface area contributed by atoms with E-state index in [4.69, 9.17) is 39.6 Å². The summed E-state index contributed by atoms with van der Waals surface area (Å²) in [4.78, 5) is 0. The molecule has 2 aromatic rings. The fourth-order valence-electron chi connectivity index (χ4n) is 3.27. The molecule has 30 heavy (non-hydrogen) atoms. The number of methoxy groups -OCH3 is 5. The second-order valence-corrected chi connectivity index (χ2v) is 6.08. The van der Waals surface area contributed by atoms with Crippen molar-refractivity contribution in [1.82, 2.24) is 0 Å². The minimum absolute atomic E-state index is 0.0376. The lowest BCUT2D eigenvalue weighted by Crippen LogP contribution is -2.13. The van der Waals surface area contributed by atoms with E-state index in [-0.39, 0.29) is 13.2 Å². The Morgan fingerprint density at radius 2 is 1.50 bits per heavy atom. The molecule has 164 valence electrons. The predicted molar refractivity (Wildman–Crippen MR) is 112 cm³/mol. The maximum absolute atomic E-state index is 10.2. The van der Waals surface area contributed by atoms with Crippen molar-refractivity contribution in [2.75, 3.05) is 48.9 Å². The van der Waals surface area contributed by atoms with Crippen molar-refractivity contribution >= 4 is 10.8 Å². The van der Waals surface area contributed by atoms with Gasteiger partial charge in [0.25, 0.3) is 0 Å². The molecule has 0 aliphatic heterocycles. The number of fused-ring (bicyclic) bond motifs is 1. The minimum Gasteiger partial charge on any atom is -0.496 e. The first kappa shape index (κ1) is 23.3. The Labute approximate surface area is 176 Å². The standard InChI is InChI=1S/C22H28O8/c1-8-13(23)10-14-19(26-5)17-15(24-3)11-16(25-4)21(27-6)18(17)22(28-7)20(14)30-12-29-9-2/h1,11,13,23H,9-10,12H2,2-7H3. The first-order valence-corrected chi connectivity index (χ1v) is 9.26. The smallest absolute Gasteiger partial charge is 0.189 e. The summed E-state index contributed by atoms with van der Waals surface area (Å²) >= 11 is 0. The summed E-state index contributed by atoms with van der Waals surface area (Å²) < 4.78 is 39.4. The van der Waals surface area contributed by atoms with Crippen LogP contribution in [-0.2, 0) is 11.2 Å². The summed E-state index contributed by atoms with van der Waals surface area (Å²) in [6.07, 6.45) is 4.40. The monoisotopic (exact) mass is 420 g/mol. The molecule has 8 nitrogen and oxygen atoms in total. The zero-order chi connectivity index (χ0) is 22.3. The number of ether oxygens (including phenoxy) is 7. The van der Waals surface area contributed by atoms with Crippen LogP contribution in [0.15, 0.2) is 6.07 Å². The normalized spacial score (nSPS) is 11.5.